The third-order valence-corrected chi connectivity index (χ3v) is 3.12. The summed E-state index contributed by atoms with van der Waals surface area (Å²) in [4.78, 5) is 4.02. The van der Waals surface area contributed by atoms with E-state index < -0.39 is 0 Å². The maximum atomic E-state index is 5.37. The van der Waals surface area contributed by atoms with Gasteiger partial charge in [0.2, 0.25) is 0 Å². The normalized spacial score (nSPS) is 12.1. The largest absolute Gasteiger partial charge is 0.496 e. The smallest absolute Gasteiger partial charge is 0.122 e. The van der Waals surface area contributed by atoms with Crippen molar-refractivity contribution in [2.24, 2.45) is 0 Å². The van der Waals surface area contributed by atoms with E-state index in [-0.39, 0.29) is 0 Å². The second kappa shape index (κ2) is 6.90. The van der Waals surface area contributed by atoms with Crippen LogP contribution in [-0.4, -0.2) is 18.1 Å². The van der Waals surface area contributed by atoms with Crippen molar-refractivity contribution in [3.05, 3.63) is 59.9 Å². The zero-order chi connectivity index (χ0) is 13.5. The predicted octanol–water partition coefficient (Wildman–Crippen LogP) is 2.81. The van der Waals surface area contributed by atoms with E-state index in [9.17, 15) is 0 Å². The molecule has 0 spiro atoms. The first-order valence-corrected chi connectivity index (χ1v) is 6.54. The van der Waals surface area contributed by atoms with Crippen LogP contribution >= 0.6 is 0 Å². The maximum Gasteiger partial charge on any atom is 0.122 e. The third-order valence-electron chi connectivity index (χ3n) is 3.12. The second-order valence-corrected chi connectivity index (χ2v) is 4.65. The van der Waals surface area contributed by atoms with E-state index in [1.807, 2.05) is 42.7 Å². The molecule has 3 heteroatoms. The van der Waals surface area contributed by atoms with Crippen LogP contribution in [0.5, 0.6) is 5.75 Å². The lowest BCUT2D eigenvalue weighted by atomic mass is 10.1. The van der Waals surface area contributed by atoms with E-state index in [0.717, 1.165) is 18.7 Å². The van der Waals surface area contributed by atoms with Gasteiger partial charge in [0.1, 0.15) is 5.75 Å². The number of hydrogen-bond donors (Lipinski definition) is 1. The van der Waals surface area contributed by atoms with Crippen LogP contribution in [0, 0.1) is 0 Å². The molecule has 2 rings (SSSR count). The molecule has 0 radical (unpaired) electrons. The number of methoxy groups -OCH3 is 1. The molecule has 0 aliphatic carbocycles. The Morgan fingerprint density at radius 2 is 1.89 bits per heavy atom. The summed E-state index contributed by atoms with van der Waals surface area (Å²) in [6.45, 7) is 3.05. The van der Waals surface area contributed by atoms with E-state index in [4.69, 9.17) is 4.74 Å². The van der Waals surface area contributed by atoms with Gasteiger partial charge >= 0.3 is 0 Å². The van der Waals surface area contributed by atoms with Gasteiger partial charge in [-0.15, -0.1) is 0 Å². The minimum atomic E-state index is 0.393. The van der Waals surface area contributed by atoms with Gasteiger partial charge < -0.3 is 10.1 Å². The summed E-state index contributed by atoms with van der Waals surface area (Å²) < 4.78 is 5.37. The Hall–Kier alpha value is -1.87. The van der Waals surface area contributed by atoms with Crippen molar-refractivity contribution in [3.8, 4) is 5.75 Å². The van der Waals surface area contributed by atoms with Gasteiger partial charge in [-0.3, -0.25) is 4.98 Å². The Kier molecular flexibility index (Phi) is 4.93. The molecule has 3 nitrogen and oxygen atoms in total. The zero-order valence-electron chi connectivity index (χ0n) is 11.5. The topological polar surface area (TPSA) is 34.1 Å². The fourth-order valence-corrected chi connectivity index (χ4v) is 2.07. The van der Waals surface area contributed by atoms with E-state index in [1.54, 1.807) is 7.11 Å². The van der Waals surface area contributed by atoms with Crippen molar-refractivity contribution in [2.75, 3.05) is 7.11 Å². The number of para-hydroxylation sites is 1. The molecule has 0 saturated heterocycles. The lowest BCUT2D eigenvalue weighted by molar-refractivity contribution is 0.406. The average molecular weight is 256 g/mol. The molecule has 0 saturated carbocycles. The standard InChI is InChI=1S/C16H20N2O/c1-13(18-12-14-7-9-17-10-8-14)11-15-5-3-4-6-16(15)19-2/h3-10,13,18H,11-12H2,1-2H3. The minimum Gasteiger partial charge on any atom is -0.496 e. The van der Waals surface area contributed by atoms with Crippen LogP contribution in [0.2, 0.25) is 0 Å². The minimum absolute atomic E-state index is 0.393. The molecule has 1 atom stereocenters. The first-order valence-electron chi connectivity index (χ1n) is 6.54. The van der Waals surface area contributed by atoms with Gasteiger partial charge in [-0.05, 0) is 42.7 Å². The Labute approximate surface area is 114 Å². The molecule has 0 aliphatic rings. The lowest BCUT2D eigenvalue weighted by Crippen LogP contribution is -2.27. The van der Waals surface area contributed by atoms with Gasteiger partial charge in [-0.25, -0.2) is 0 Å². The molecular formula is C16H20N2O. The van der Waals surface area contributed by atoms with Crippen LogP contribution in [0.25, 0.3) is 0 Å². The molecule has 1 unspecified atom stereocenters. The maximum absolute atomic E-state index is 5.37. The first-order chi connectivity index (χ1) is 9.29. The van der Waals surface area contributed by atoms with Crippen molar-refractivity contribution in [3.63, 3.8) is 0 Å². The van der Waals surface area contributed by atoms with E-state index in [0.29, 0.717) is 6.04 Å². The summed E-state index contributed by atoms with van der Waals surface area (Å²) in [6, 6.07) is 12.6. The zero-order valence-corrected chi connectivity index (χ0v) is 11.5. The molecule has 1 N–H and O–H groups in total. The molecule has 0 aliphatic heterocycles. The van der Waals surface area contributed by atoms with Crippen molar-refractivity contribution in [1.82, 2.24) is 10.3 Å². The van der Waals surface area contributed by atoms with Crippen molar-refractivity contribution < 1.29 is 4.74 Å². The summed E-state index contributed by atoms with van der Waals surface area (Å²) in [5.41, 5.74) is 2.49. The number of nitrogens with zero attached hydrogens (tertiary/aromatic N) is 1. The summed E-state index contributed by atoms with van der Waals surface area (Å²) in [6.07, 6.45) is 4.60. The number of hydrogen-bond acceptors (Lipinski definition) is 3. The number of ether oxygens (including phenoxy) is 1. The fraction of sp³-hybridized carbons (Fsp3) is 0.312. The number of rotatable bonds is 6. The molecular weight excluding hydrogens is 236 g/mol. The summed E-state index contributed by atoms with van der Waals surface area (Å²) in [7, 11) is 1.72. The lowest BCUT2D eigenvalue weighted by Gasteiger charge is -2.15. The summed E-state index contributed by atoms with van der Waals surface area (Å²) >= 11 is 0. The summed E-state index contributed by atoms with van der Waals surface area (Å²) in [5, 5.41) is 3.52. The SMILES string of the molecule is COc1ccccc1CC(C)NCc1ccncc1. The molecule has 0 fully saturated rings. The molecule has 1 aromatic heterocycles. The van der Waals surface area contributed by atoms with Gasteiger partial charge in [0.25, 0.3) is 0 Å². The van der Waals surface area contributed by atoms with Crippen LogP contribution in [-0.2, 0) is 13.0 Å². The van der Waals surface area contributed by atoms with Gasteiger partial charge in [0.15, 0.2) is 0 Å². The monoisotopic (exact) mass is 256 g/mol. The fourth-order valence-electron chi connectivity index (χ4n) is 2.07. The molecule has 0 bridgehead atoms. The Morgan fingerprint density at radius 3 is 2.63 bits per heavy atom. The summed E-state index contributed by atoms with van der Waals surface area (Å²) in [5.74, 6) is 0.958. The Balaban J connectivity index is 1.89. The highest BCUT2D eigenvalue weighted by Crippen LogP contribution is 2.18. The van der Waals surface area contributed by atoms with Crippen LogP contribution in [0.1, 0.15) is 18.1 Å². The molecule has 0 amide bonds. The number of aromatic nitrogens is 1. The highest BCUT2D eigenvalue weighted by molar-refractivity contribution is 5.33. The molecule has 100 valence electrons. The second-order valence-electron chi connectivity index (χ2n) is 4.65. The van der Waals surface area contributed by atoms with Crippen LogP contribution < -0.4 is 10.1 Å². The Morgan fingerprint density at radius 1 is 1.16 bits per heavy atom. The number of benzene rings is 1. The van der Waals surface area contributed by atoms with Gasteiger partial charge in [0, 0.05) is 25.0 Å². The highest BCUT2D eigenvalue weighted by Gasteiger charge is 2.07. The molecule has 1 aromatic carbocycles. The van der Waals surface area contributed by atoms with Crippen molar-refractivity contribution >= 4 is 0 Å². The van der Waals surface area contributed by atoms with E-state index in [2.05, 4.69) is 23.3 Å². The first kappa shape index (κ1) is 13.6. The average Bonchev–Trinajstić information content (AvgIpc) is 2.47. The quantitative estimate of drug-likeness (QED) is 0.863. The third kappa shape index (κ3) is 4.07. The van der Waals surface area contributed by atoms with Crippen molar-refractivity contribution in [1.29, 1.82) is 0 Å². The molecule has 1 heterocycles. The highest BCUT2D eigenvalue weighted by atomic mass is 16.5. The Bertz CT molecular complexity index is 499. The van der Waals surface area contributed by atoms with Crippen LogP contribution in [0.3, 0.4) is 0 Å². The number of pyridine rings is 1. The van der Waals surface area contributed by atoms with Gasteiger partial charge in [0.05, 0.1) is 7.11 Å². The van der Waals surface area contributed by atoms with E-state index in [1.165, 1.54) is 11.1 Å². The van der Waals surface area contributed by atoms with Crippen LogP contribution in [0.15, 0.2) is 48.8 Å². The van der Waals surface area contributed by atoms with Gasteiger partial charge in [-0.1, -0.05) is 18.2 Å². The molecule has 2 aromatic rings. The van der Waals surface area contributed by atoms with Crippen molar-refractivity contribution in [2.45, 2.75) is 25.9 Å². The number of nitrogens with one attached hydrogen (secondary N) is 1. The van der Waals surface area contributed by atoms with Crippen LogP contribution in [0.4, 0.5) is 0 Å². The van der Waals surface area contributed by atoms with Gasteiger partial charge in [-0.2, -0.15) is 0 Å². The molecule has 19 heavy (non-hydrogen) atoms. The van der Waals surface area contributed by atoms with E-state index >= 15 is 0 Å². The predicted molar refractivity (Wildman–Crippen MR) is 77.2 cm³/mol.